The number of hydrogen-bond acceptors (Lipinski definition) is 8. The molecule has 0 saturated heterocycles. The number of phosphoric acid groups is 1. The number of rotatable bonds is 40. The molecule has 0 aromatic carbocycles. The van der Waals surface area contributed by atoms with Crippen LogP contribution in [0.3, 0.4) is 0 Å². The second-order valence-electron chi connectivity index (χ2n) is 14.2. The van der Waals surface area contributed by atoms with Crippen LogP contribution < -0.4 is 5.73 Å². The van der Waals surface area contributed by atoms with E-state index in [4.69, 9.17) is 24.3 Å². The second-order valence-corrected chi connectivity index (χ2v) is 15.7. The Morgan fingerprint density at radius 1 is 0.566 bits per heavy atom. The van der Waals surface area contributed by atoms with Gasteiger partial charge in [0.2, 0.25) is 0 Å². The van der Waals surface area contributed by atoms with Gasteiger partial charge in [-0.15, -0.1) is 0 Å². The largest absolute Gasteiger partial charge is 0.472 e. The molecule has 0 radical (unpaired) electrons. The molecule has 0 aromatic rings. The van der Waals surface area contributed by atoms with Crippen molar-refractivity contribution in [3.63, 3.8) is 0 Å². The summed E-state index contributed by atoms with van der Waals surface area (Å²) < 4.78 is 32.7. The Labute approximate surface area is 324 Å². The van der Waals surface area contributed by atoms with Crippen molar-refractivity contribution in [2.75, 3.05) is 26.4 Å². The molecule has 53 heavy (non-hydrogen) atoms. The molecule has 1 unspecified atom stereocenters. The average molecular weight is 770 g/mol. The maximum Gasteiger partial charge on any atom is 0.472 e. The van der Waals surface area contributed by atoms with Crippen LogP contribution in [-0.2, 0) is 32.7 Å². The molecule has 0 aliphatic heterocycles. The molecule has 2 atom stereocenters. The molecule has 0 amide bonds. The van der Waals surface area contributed by atoms with Crippen molar-refractivity contribution in [2.45, 2.75) is 200 Å². The maximum absolute atomic E-state index is 12.6. The third kappa shape index (κ3) is 39.7. The molecule has 9 nitrogen and oxygen atoms in total. The van der Waals surface area contributed by atoms with Crippen LogP contribution in [0.15, 0.2) is 36.5 Å². The second kappa shape index (κ2) is 39.9. The zero-order valence-electron chi connectivity index (χ0n) is 34.0. The summed E-state index contributed by atoms with van der Waals surface area (Å²) in [4.78, 5) is 34.8. The first-order valence-electron chi connectivity index (χ1n) is 21.5. The van der Waals surface area contributed by atoms with Crippen LogP contribution in [0.2, 0.25) is 0 Å². The minimum absolute atomic E-state index is 0.0507. The lowest BCUT2D eigenvalue weighted by Crippen LogP contribution is -2.29. The van der Waals surface area contributed by atoms with Crippen LogP contribution in [0.25, 0.3) is 0 Å². The van der Waals surface area contributed by atoms with Crippen LogP contribution in [-0.4, -0.2) is 49.3 Å². The fourth-order valence-electron chi connectivity index (χ4n) is 5.82. The maximum atomic E-state index is 12.6. The smallest absolute Gasteiger partial charge is 0.462 e. The van der Waals surface area contributed by atoms with E-state index in [1.807, 2.05) is 0 Å². The fourth-order valence-corrected chi connectivity index (χ4v) is 6.58. The molecule has 0 aliphatic rings. The van der Waals surface area contributed by atoms with E-state index in [9.17, 15) is 19.0 Å². The van der Waals surface area contributed by atoms with Crippen molar-refractivity contribution in [1.82, 2.24) is 0 Å². The van der Waals surface area contributed by atoms with Crippen molar-refractivity contribution < 1.29 is 37.6 Å². The molecule has 310 valence electrons. The quantitative estimate of drug-likeness (QED) is 0.0270. The van der Waals surface area contributed by atoms with Gasteiger partial charge >= 0.3 is 19.8 Å². The summed E-state index contributed by atoms with van der Waals surface area (Å²) in [5.74, 6) is -0.849. The van der Waals surface area contributed by atoms with Crippen LogP contribution in [0.1, 0.15) is 194 Å². The van der Waals surface area contributed by atoms with Gasteiger partial charge in [0.1, 0.15) is 6.61 Å². The zero-order chi connectivity index (χ0) is 38.9. The van der Waals surface area contributed by atoms with Gasteiger partial charge in [-0.05, 0) is 51.4 Å². The lowest BCUT2D eigenvalue weighted by molar-refractivity contribution is -0.161. The summed E-state index contributed by atoms with van der Waals surface area (Å²) in [7, 11) is -4.38. The zero-order valence-corrected chi connectivity index (χ0v) is 34.9. The highest BCUT2D eigenvalue weighted by molar-refractivity contribution is 7.47. The van der Waals surface area contributed by atoms with Gasteiger partial charge < -0.3 is 20.1 Å². The molecule has 0 fully saturated rings. The van der Waals surface area contributed by atoms with E-state index >= 15 is 0 Å². The van der Waals surface area contributed by atoms with Gasteiger partial charge in [0, 0.05) is 19.4 Å². The number of carbonyl (C=O) groups excluding carboxylic acids is 2. The predicted molar refractivity (Wildman–Crippen MR) is 220 cm³/mol. The third-order valence-electron chi connectivity index (χ3n) is 9.03. The van der Waals surface area contributed by atoms with Gasteiger partial charge in [-0.3, -0.25) is 18.6 Å². The van der Waals surface area contributed by atoms with E-state index < -0.39 is 32.5 Å². The Morgan fingerprint density at radius 3 is 1.49 bits per heavy atom. The summed E-state index contributed by atoms with van der Waals surface area (Å²) in [6, 6.07) is 0. The SMILES string of the molecule is CCCCC/C=C/C/C=C/C/C=C/CCCCCCC(=O)OC[C@H](COP(=O)(O)OCCN)OC(=O)CCCCCCCCCCCCCCCCC. The first-order valence-corrected chi connectivity index (χ1v) is 23.0. The Hall–Kier alpha value is -1.77. The van der Waals surface area contributed by atoms with Crippen LogP contribution in [0.5, 0.6) is 0 Å². The Balaban J connectivity index is 4.19. The van der Waals surface area contributed by atoms with Gasteiger partial charge in [0.05, 0.1) is 13.2 Å². The molecule has 0 spiro atoms. The molecular weight excluding hydrogens is 689 g/mol. The van der Waals surface area contributed by atoms with Gasteiger partial charge in [0.25, 0.3) is 0 Å². The van der Waals surface area contributed by atoms with Gasteiger partial charge in [-0.2, -0.15) is 0 Å². The molecule has 10 heteroatoms. The summed E-state index contributed by atoms with van der Waals surface area (Å²) in [6.45, 7) is 3.69. The number of phosphoric ester groups is 1. The summed E-state index contributed by atoms with van der Waals surface area (Å²) in [6.07, 6.45) is 43.1. The molecule has 0 aromatic heterocycles. The molecular formula is C43H80NO8P. The monoisotopic (exact) mass is 770 g/mol. The standard InChI is InChI=1S/C43H80NO8P/c1-3-5-7-9-11-13-15-17-19-20-22-23-25-27-29-31-33-35-42(45)49-39-41(40-51-53(47,48)50-38-37-44)52-43(46)36-34-32-30-28-26-24-21-18-16-14-12-10-8-6-4-2/h11,13,17,19,22-23,41H,3-10,12,14-16,18,20-21,24-40,44H2,1-2H3,(H,47,48)/b13-11+,19-17+,23-22+/t41-/m1/s1. The predicted octanol–water partition coefficient (Wildman–Crippen LogP) is 12.2. The van der Waals surface area contributed by atoms with Crippen molar-refractivity contribution in [1.29, 1.82) is 0 Å². The lowest BCUT2D eigenvalue weighted by Gasteiger charge is -2.19. The van der Waals surface area contributed by atoms with Crippen LogP contribution in [0, 0.1) is 0 Å². The Bertz CT molecular complexity index is 970. The van der Waals surface area contributed by atoms with Gasteiger partial charge in [-0.1, -0.05) is 166 Å². The first kappa shape index (κ1) is 51.2. The number of esters is 2. The van der Waals surface area contributed by atoms with E-state index in [1.54, 1.807) is 0 Å². The van der Waals surface area contributed by atoms with E-state index in [0.717, 1.165) is 51.4 Å². The van der Waals surface area contributed by atoms with Crippen molar-refractivity contribution in [3.05, 3.63) is 36.5 Å². The average Bonchev–Trinajstić information content (AvgIpc) is 3.14. The van der Waals surface area contributed by atoms with E-state index in [0.29, 0.717) is 12.8 Å². The molecule has 0 heterocycles. The fraction of sp³-hybridized carbons (Fsp3) is 0.814. The third-order valence-corrected chi connectivity index (χ3v) is 10.0. The van der Waals surface area contributed by atoms with E-state index in [2.05, 4.69) is 50.3 Å². The number of allylic oxidation sites excluding steroid dienone is 6. The van der Waals surface area contributed by atoms with Crippen molar-refractivity contribution in [3.8, 4) is 0 Å². The number of nitrogens with two attached hydrogens (primary N) is 1. The minimum atomic E-state index is -4.38. The van der Waals surface area contributed by atoms with Crippen molar-refractivity contribution in [2.24, 2.45) is 5.73 Å². The van der Waals surface area contributed by atoms with Crippen molar-refractivity contribution >= 4 is 19.8 Å². The molecule has 3 N–H and O–H groups in total. The van der Waals surface area contributed by atoms with E-state index in [-0.39, 0.29) is 32.6 Å². The summed E-state index contributed by atoms with van der Waals surface area (Å²) in [5, 5.41) is 0. The van der Waals surface area contributed by atoms with Gasteiger partial charge in [-0.25, -0.2) is 4.57 Å². The highest BCUT2D eigenvalue weighted by Crippen LogP contribution is 2.43. The van der Waals surface area contributed by atoms with Crippen LogP contribution in [0.4, 0.5) is 0 Å². The van der Waals surface area contributed by atoms with Gasteiger partial charge in [0.15, 0.2) is 6.10 Å². The molecule has 0 rings (SSSR count). The summed E-state index contributed by atoms with van der Waals surface area (Å²) in [5.41, 5.74) is 5.34. The lowest BCUT2D eigenvalue weighted by atomic mass is 10.0. The van der Waals surface area contributed by atoms with E-state index in [1.165, 1.54) is 103 Å². The Kier molecular flexibility index (Phi) is 38.6. The normalized spacial score (nSPS) is 13.7. The number of carbonyl (C=O) groups is 2. The Morgan fingerprint density at radius 2 is 0.981 bits per heavy atom. The number of hydrogen-bond donors (Lipinski definition) is 2. The number of ether oxygens (including phenoxy) is 2. The minimum Gasteiger partial charge on any atom is -0.462 e. The first-order chi connectivity index (χ1) is 25.8. The highest BCUT2D eigenvalue weighted by Gasteiger charge is 2.26. The molecule has 0 bridgehead atoms. The topological polar surface area (TPSA) is 134 Å². The number of unbranched alkanes of at least 4 members (excludes halogenated alkanes) is 21. The highest BCUT2D eigenvalue weighted by atomic mass is 31.2. The molecule has 0 saturated carbocycles. The summed E-state index contributed by atoms with van der Waals surface area (Å²) >= 11 is 0. The van der Waals surface area contributed by atoms with Crippen LogP contribution >= 0.6 is 7.82 Å². The molecule has 0 aliphatic carbocycles.